The first-order valence-corrected chi connectivity index (χ1v) is 7.62. The number of carbonyl (C=O) groups excluding carboxylic acids is 1. The summed E-state index contributed by atoms with van der Waals surface area (Å²) in [7, 11) is 0. The standard InChI is InChI=1S/C16H20ClNO/c1-2-11-18(14-7-8-14)15(19)16(9-10-16)12-3-5-13(17)6-4-12/h3-6,14H,2,7-11H2,1H3. The molecule has 1 aromatic rings. The van der Waals surface area contributed by atoms with E-state index < -0.39 is 0 Å². The summed E-state index contributed by atoms with van der Waals surface area (Å²) < 4.78 is 0. The molecule has 0 spiro atoms. The Morgan fingerprint density at radius 3 is 2.42 bits per heavy atom. The van der Waals surface area contributed by atoms with Gasteiger partial charge in [0.15, 0.2) is 0 Å². The molecule has 0 saturated heterocycles. The van der Waals surface area contributed by atoms with Crippen molar-refractivity contribution in [2.24, 2.45) is 0 Å². The van der Waals surface area contributed by atoms with Crippen molar-refractivity contribution < 1.29 is 4.79 Å². The lowest BCUT2D eigenvalue weighted by Crippen LogP contribution is -2.41. The lowest BCUT2D eigenvalue weighted by Gasteiger charge is -2.27. The Bertz CT molecular complexity index is 474. The van der Waals surface area contributed by atoms with Gasteiger partial charge in [0.2, 0.25) is 5.91 Å². The second-order valence-electron chi connectivity index (χ2n) is 5.82. The van der Waals surface area contributed by atoms with Gasteiger partial charge in [0.1, 0.15) is 0 Å². The highest BCUT2D eigenvalue weighted by molar-refractivity contribution is 6.30. The summed E-state index contributed by atoms with van der Waals surface area (Å²) in [5, 5.41) is 0.736. The summed E-state index contributed by atoms with van der Waals surface area (Å²) in [4.78, 5) is 15.0. The molecule has 3 rings (SSSR count). The molecule has 2 nitrogen and oxygen atoms in total. The predicted octanol–water partition coefficient (Wildman–Crippen LogP) is 3.77. The molecule has 1 aromatic carbocycles. The molecule has 0 bridgehead atoms. The summed E-state index contributed by atoms with van der Waals surface area (Å²) >= 11 is 5.94. The van der Waals surface area contributed by atoms with E-state index in [1.165, 1.54) is 12.8 Å². The summed E-state index contributed by atoms with van der Waals surface area (Å²) in [5.74, 6) is 0.346. The molecular formula is C16H20ClNO. The molecule has 0 radical (unpaired) electrons. The zero-order chi connectivity index (χ0) is 13.5. The first-order valence-electron chi connectivity index (χ1n) is 7.24. The van der Waals surface area contributed by atoms with Crippen LogP contribution >= 0.6 is 11.6 Å². The lowest BCUT2D eigenvalue weighted by atomic mass is 9.94. The monoisotopic (exact) mass is 277 g/mol. The smallest absolute Gasteiger partial charge is 0.233 e. The van der Waals surface area contributed by atoms with Crippen molar-refractivity contribution in [2.45, 2.75) is 50.5 Å². The topological polar surface area (TPSA) is 20.3 Å². The number of halogens is 1. The number of rotatable bonds is 5. The molecule has 0 unspecified atom stereocenters. The van der Waals surface area contributed by atoms with E-state index in [4.69, 9.17) is 11.6 Å². The fraction of sp³-hybridized carbons (Fsp3) is 0.562. The Morgan fingerprint density at radius 1 is 1.32 bits per heavy atom. The largest absolute Gasteiger partial charge is 0.339 e. The highest BCUT2D eigenvalue weighted by Crippen LogP contribution is 2.51. The van der Waals surface area contributed by atoms with Gasteiger partial charge >= 0.3 is 0 Å². The highest BCUT2D eigenvalue weighted by Gasteiger charge is 2.54. The number of nitrogens with zero attached hydrogens (tertiary/aromatic N) is 1. The van der Waals surface area contributed by atoms with Crippen molar-refractivity contribution in [3.63, 3.8) is 0 Å². The SMILES string of the molecule is CCCN(C(=O)C1(c2ccc(Cl)cc2)CC1)C1CC1. The number of benzene rings is 1. The van der Waals surface area contributed by atoms with Gasteiger partial charge in [0, 0.05) is 17.6 Å². The molecule has 1 amide bonds. The maximum atomic E-state index is 12.9. The van der Waals surface area contributed by atoms with E-state index in [-0.39, 0.29) is 5.41 Å². The third-order valence-electron chi connectivity index (χ3n) is 4.27. The molecule has 102 valence electrons. The average molecular weight is 278 g/mol. The van der Waals surface area contributed by atoms with E-state index in [0.29, 0.717) is 11.9 Å². The minimum Gasteiger partial charge on any atom is -0.339 e. The predicted molar refractivity (Wildman–Crippen MR) is 77.4 cm³/mol. The Labute approximate surface area is 119 Å². The molecule has 0 N–H and O–H groups in total. The van der Waals surface area contributed by atoms with Gasteiger partial charge < -0.3 is 4.90 Å². The van der Waals surface area contributed by atoms with Crippen LogP contribution in [0, 0.1) is 0 Å². The minimum absolute atomic E-state index is 0.234. The molecule has 19 heavy (non-hydrogen) atoms. The summed E-state index contributed by atoms with van der Waals surface area (Å²) in [6.45, 7) is 3.05. The molecule has 0 atom stereocenters. The third kappa shape index (κ3) is 2.38. The molecular weight excluding hydrogens is 258 g/mol. The van der Waals surface area contributed by atoms with Crippen LogP contribution in [0.3, 0.4) is 0 Å². The van der Waals surface area contributed by atoms with Gasteiger partial charge in [-0.3, -0.25) is 4.79 Å². The molecule has 2 aliphatic rings. The van der Waals surface area contributed by atoms with Gasteiger partial charge in [-0.1, -0.05) is 30.7 Å². The molecule has 2 saturated carbocycles. The minimum atomic E-state index is -0.234. The van der Waals surface area contributed by atoms with Crippen LogP contribution in [0.4, 0.5) is 0 Å². The summed E-state index contributed by atoms with van der Waals surface area (Å²) in [5.41, 5.74) is 0.908. The van der Waals surface area contributed by atoms with Gasteiger partial charge in [-0.25, -0.2) is 0 Å². The lowest BCUT2D eigenvalue weighted by molar-refractivity contribution is -0.134. The molecule has 2 fully saturated rings. The Morgan fingerprint density at radius 2 is 1.95 bits per heavy atom. The van der Waals surface area contributed by atoms with Gasteiger partial charge in [-0.15, -0.1) is 0 Å². The van der Waals surface area contributed by atoms with Gasteiger partial charge in [0.05, 0.1) is 5.41 Å². The van der Waals surface area contributed by atoms with Gasteiger partial charge in [-0.05, 0) is 49.8 Å². The van der Waals surface area contributed by atoms with Crippen molar-refractivity contribution in [3.8, 4) is 0 Å². The highest BCUT2D eigenvalue weighted by atomic mass is 35.5. The van der Waals surface area contributed by atoms with Crippen LogP contribution in [0.2, 0.25) is 5.02 Å². The van der Waals surface area contributed by atoms with E-state index in [2.05, 4.69) is 11.8 Å². The Hall–Kier alpha value is -1.02. The number of carbonyl (C=O) groups is 1. The quantitative estimate of drug-likeness (QED) is 0.802. The molecule has 2 aliphatic carbocycles. The van der Waals surface area contributed by atoms with E-state index in [1.54, 1.807) is 0 Å². The van der Waals surface area contributed by atoms with Crippen molar-refractivity contribution in [1.82, 2.24) is 4.90 Å². The normalized spacial score (nSPS) is 20.1. The van der Waals surface area contributed by atoms with Gasteiger partial charge in [-0.2, -0.15) is 0 Å². The van der Waals surface area contributed by atoms with Crippen LogP contribution in [0.5, 0.6) is 0 Å². The van der Waals surface area contributed by atoms with E-state index >= 15 is 0 Å². The second-order valence-corrected chi connectivity index (χ2v) is 6.26. The van der Waals surface area contributed by atoms with Gasteiger partial charge in [0.25, 0.3) is 0 Å². The Balaban J connectivity index is 1.83. The number of hydrogen-bond donors (Lipinski definition) is 0. The maximum absolute atomic E-state index is 12.9. The second kappa shape index (κ2) is 4.82. The van der Waals surface area contributed by atoms with Crippen LogP contribution in [0.25, 0.3) is 0 Å². The molecule has 3 heteroatoms. The van der Waals surface area contributed by atoms with E-state index in [1.807, 2.05) is 24.3 Å². The fourth-order valence-electron chi connectivity index (χ4n) is 2.87. The van der Waals surface area contributed by atoms with Crippen LogP contribution in [0.1, 0.15) is 44.6 Å². The van der Waals surface area contributed by atoms with Crippen molar-refractivity contribution in [2.75, 3.05) is 6.54 Å². The van der Waals surface area contributed by atoms with Crippen LogP contribution in [-0.4, -0.2) is 23.4 Å². The zero-order valence-electron chi connectivity index (χ0n) is 11.4. The maximum Gasteiger partial charge on any atom is 0.233 e. The average Bonchev–Trinajstić information content (AvgIpc) is 3.28. The summed E-state index contributed by atoms with van der Waals surface area (Å²) in [6.07, 6.45) is 5.38. The van der Waals surface area contributed by atoms with Crippen molar-refractivity contribution >= 4 is 17.5 Å². The molecule has 0 heterocycles. The first kappa shape index (κ1) is 13.0. The first-order chi connectivity index (χ1) is 9.17. The Kier molecular flexibility index (Phi) is 3.30. The van der Waals surface area contributed by atoms with Crippen LogP contribution in [0.15, 0.2) is 24.3 Å². The zero-order valence-corrected chi connectivity index (χ0v) is 12.1. The number of amides is 1. The summed E-state index contributed by atoms with van der Waals surface area (Å²) in [6, 6.07) is 8.34. The van der Waals surface area contributed by atoms with Crippen LogP contribution in [-0.2, 0) is 10.2 Å². The number of hydrogen-bond acceptors (Lipinski definition) is 1. The van der Waals surface area contributed by atoms with E-state index in [0.717, 1.165) is 36.4 Å². The van der Waals surface area contributed by atoms with Crippen LogP contribution < -0.4 is 0 Å². The third-order valence-corrected chi connectivity index (χ3v) is 4.52. The fourth-order valence-corrected chi connectivity index (χ4v) is 3.00. The van der Waals surface area contributed by atoms with Crippen molar-refractivity contribution in [3.05, 3.63) is 34.9 Å². The van der Waals surface area contributed by atoms with E-state index in [9.17, 15) is 4.79 Å². The molecule has 0 aromatic heterocycles. The molecule has 0 aliphatic heterocycles. The van der Waals surface area contributed by atoms with Crippen molar-refractivity contribution in [1.29, 1.82) is 0 Å².